The van der Waals surface area contributed by atoms with Gasteiger partial charge in [0.2, 0.25) is 11.0 Å². The number of alkyl halides is 3. The molecule has 0 spiro atoms. The normalized spacial score (nSPS) is 12.0. The average Bonchev–Trinajstić information content (AvgIpc) is 2.86. The molecule has 2 N–H and O–H groups in total. The highest BCUT2D eigenvalue weighted by Gasteiger charge is 2.31. The molecule has 0 aliphatic carbocycles. The third-order valence-corrected chi connectivity index (χ3v) is 4.95. The van der Waals surface area contributed by atoms with Crippen molar-refractivity contribution >= 4 is 38.1 Å². The molecule has 0 unspecified atom stereocenters. The van der Waals surface area contributed by atoms with E-state index in [4.69, 9.17) is 0 Å². The summed E-state index contributed by atoms with van der Waals surface area (Å²) in [6, 6.07) is 3.72. The Bertz CT molecular complexity index is 833. The van der Waals surface area contributed by atoms with Crippen molar-refractivity contribution in [2.45, 2.75) is 17.4 Å². The molecular formula is C11H9F3N4O3S2. The number of carbonyl (C=O) groups is 1. The van der Waals surface area contributed by atoms with Crippen LogP contribution in [0.1, 0.15) is 12.5 Å². The van der Waals surface area contributed by atoms with Crippen LogP contribution in [0, 0.1) is 0 Å². The summed E-state index contributed by atoms with van der Waals surface area (Å²) in [5, 5.41) is 9.06. The maximum absolute atomic E-state index is 12.6. The molecule has 0 atom stereocenters. The summed E-state index contributed by atoms with van der Waals surface area (Å²) in [5.41, 5.74) is -1.26. The van der Waals surface area contributed by atoms with Gasteiger partial charge in [-0.15, -0.1) is 10.2 Å². The van der Waals surface area contributed by atoms with Crippen LogP contribution in [0.5, 0.6) is 0 Å². The molecule has 1 amide bonds. The molecule has 1 aromatic carbocycles. The number of aromatic nitrogens is 2. The van der Waals surface area contributed by atoms with E-state index in [1.165, 1.54) is 13.0 Å². The number of hydrogen-bond acceptors (Lipinski definition) is 6. The van der Waals surface area contributed by atoms with Gasteiger partial charge in [-0.25, -0.2) is 0 Å². The summed E-state index contributed by atoms with van der Waals surface area (Å²) in [4.78, 5) is 10.9. The van der Waals surface area contributed by atoms with Gasteiger partial charge in [-0.3, -0.25) is 9.52 Å². The molecule has 0 bridgehead atoms. The lowest BCUT2D eigenvalue weighted by atomic mass is 10.2. The van der Waals surface area contributed by atoms with E-state index in [9.17, 15) is 26.4 Å². The first-order valence-electron chi connectivity index (χ1n) is 5.89. The summed E-state index contributed by atoms with van der Waals surface area (Å²) in [6.07, 6.45) is -4.59. The Kier molecular flexibility index (Phi) is 4.56. The Morgan fingerprint density at radius 3 is 2.57 bits per heavy atom. The van der Waals surface area contributed by atoms with Crippen LogP contribution in [0.2, 0.25) is 0 Å². The molecule has 124 valence electrons. The minimum absolute atomic E-state index is 0.0399. The van der Waals surface area contributed by atoms with E-state index in [0.29, 0.717) is 17.4 Å². The van der Waals surface area contributed by atoms with Crippen LogP contribution >= 0.6 is 11.3 Å². The molecule has 1 aromatic heterocycles. The second-order valence-electron chi connectivity index (χ2n) is 4.24. The number of rotatable bonds is 4. The van der Waals surface area contributed by atoms with E-state index < -0.39 is 32.0 Å². The predicted octanol–water partition coefficient (Wildman–Crippen LogP) is 2.32. The first-order valence-corrected chi connectivity index (χ1v) is 8.19. The van der Waals surface area contributed by atoms with E-state index in [2.05, 4.69) is 15.5 Å². The first kappa shape index (κ1) is 17.1. The summed E-state index contributed by atoms with van der Waals surface area (Å²) in [7, 11) is -4.21. The number of carbonyl (C=O) groups excluding carboxylic acids is 1. The van der Waals surface area contributed by atoms with Gasteiger partial charge in [0.25, 0.3) is 14.4 Å². The Hall–Kier alpha value is -2.21. The topological polar surface area (TPSA) is 101 Å². The number of benzene rings is 1. The molecule has 0 fully saturated rings. The highest BCUT2D eigenvalue weighted by Crippen LogP contribution is 2.31. The molecular weight excluding hydrogens is 357 g/mol. The van der Waals surface area contributed by atoms with Crippen molar-refractivity contribution in [2.75, 3.05) is 10.0 Å². The number of sulfonamides is 1. The molecule has 0 saturated carbocycles. The van der Waals surface area contributed by atoms with E-state index in [1.54, 1.807) is 0 Å². The van der Waals surface area contributed by atoms with Crippen molar-refractivity contribution in [3.05, 3.63) is 29.8 Å². The zero-order valence-electron chi connectivity index (χ0n) is 11.4. The number of hydrogen-bond donors (Lipinski definition) is 2. The van der Waals surface area contributed by atoms with Crippen molar-refractivity contribution in [2.24, 2.45) is 0 Å². The Labute approximate surface area is 132 Å². The second kappa shape index (κ2) is 6.12. The molecule has 7 nitrogen and oxygen atoms in total. The van der Waals surface area contributed by atoms with Gasteiger partial charge >= 0.3 is 6.18 Å². The third kappa shape index (κ3) is 4.39. The second-order valence-corrected chi connectivity index (χ2v) is 7.07. The lowest BCUT2D eigenvalue weighted by Crippen LogP contribution is -2.13. The molecule has 23 heavy (non-hydrogen) atoms. The van der Waals surface area contributed by atoms with Crippen molar-refractivity contribution in [1.82, 2.24) is 10.2 Å². The van der Waals surface area contributed by atoms with Crippen LogP contribution in [0.3, 0.4) is 0 Å². The monoisotopic (exact) mass is 366 g/mol. The van der Waals surface area contributed by atoms with E-state index in [1.807, 2.05) is 4.72 Å². The standard InChI is InChI=1S/C11H9F3N4O3S2/c1-6(19)15-9-16-17-10(22-9)23(20,21)18-8-4-2-3-7(5-8)11(12,13)14/h2-5,18H,1H3,(H,15,16,19). The summed E-state index contributed by atoms with van der Waals surface area (Å²) >= 11 is 0.570. The summed E-state index contributed by atoms with van der Waals surface area (Å²) in [6.45, 7) is 1.20. The number of nitrogens with one attached hydrogen (secondary N) is 2. The largest absolute Gasteiger partial charge is 0.416 e. The molecule has 0 aliphatic heterocycles. The van der Waals surface area contributed by atoms with Gasteiger partial charge in [0.05, 0.1) is 5.56 Å². The fraction of sp³-hybridized carbons (Fsp3) is 0.182. The van der Waals surface area contributed by atoms with Crippen LogP contribution in [0.4, 0.5) is 24.0 Å². The number of amides is 1. The molecule has 0 saturated heterocycles. The molecule has 1 heterocycles. The smallest absolute Gasteiger partial charge is 0.301 e. The minimum Gasteiger partial charge on any atom is -0.301 e. The maximum atomic E-state index is 12.6. The number of anilines is 2. The fourth-order valence-corrected chi connectivity index (χ4v) is 3.47. The SMILES string of the molecule is CC(=O)Nc1nnc(S(=O)(=O)Nc2cccc(C(F)(F)F)c2)s1. The minimum atomic E-state index is -4.59. The van der Waals surface area contributed by atoms with Gasteiger partial charge in [-0.2, -0.15) is 21.6 Å². The van der Waals surface area contributed by atoms with E-state index >= 15 is 0 Å². The molecule has 0 aliphatic rings. The summed E-state index contributed by atoms with van der Waals surface area (Å²) in [5.74, 6) is -0.462. The van der Waals surface area contributed by atoms with E-state index in [-0.39, 0.29) is 10.8 Å². The molecule has 0 radical (unpaired) electrons. The number of nitrogens with zero attached hydrogens (tertiary/aromatic N) is 2. The van der Waals surface area contributed by atoms with Crippen molar-refractivity contribution < 1.29 is 26.4 Å². The van der Waals surface area contributed by atoms with Crippen LogP contribution in [0.25, 0.3) is 0 Å². The zero-order chi connectivity index (χ0) is 17.3. The lowest BCUT2D eigenvalue weighted by Gasteiger charge is -2.09. The zero-order valence-corrected chi connectivity index (χ0v) is 13.0. The highest BCUT2D eigenvalue weighted by atomic mass is 32.2. The lowest BCUT2D eigenvalue weighted by molar-refractivity contribution is -0.137. The van der Waals surface area contributed by atoms with Crippen LogP contribution in [-0.2, 0) is 21.0 Å². The third-order valence-electron chi connectivity index (χ3n) is 2.36. The quantitative estimate of drug-likeness (QED) is 0.809. The van der Waals surface area contributed by atoms with Gasteiger partial charge in [-0.05, 0) is 18.2 Å². The van der Waals surface area contributed by atoms with Gasteiger partial charge in [0.1, 0.15) is 0 Å². The predicted molar refractivity (Wildman–Crippen MR) is 76.5 cm³/mol. The van der Waals surface area contributed by atoms with Gasteiger partial charge in [0.15, 0.2) is 0 Å². The van der Waals surface area contributed by atoms with Crippen molar-refractivity contribution in [3.8, 4) is 0 Å². The van der Waals surface area contributed by atoms with Crippen LogP contribution in [0.15, 0.2) is 28.6 Å². The highest BCUT2D eigenvalue weighted by molar-refractivity contribution is 7.94. The van der Waals surface area contributed by atoms with E-state index in [0.717, 1.165) is 12.1 Å². The molecule has 2 aromatic rings. The Balaban J connectivity index is 2.25. The maximum Gasteiger partial charge on any atom is 0.416 e. The van der Waals surface area contributed by atoms with Crippen molar-refractivity contribution in [1.29, 1.82) is 0 Å². The Morgan fingerprint density at radius 1 is 1.26 bits per heavy atom. The van der Waals surface area contributed by atoms with Crippen LogP contribution in [-0.4, -0.2) is 24.5 Å². The van der Waals surface area contributed by atoms with Gasteiger partial charge in [-0.1, -0.05) is 17.4 Å². The first-order chi connectivity index (χ1) is 10.6. The molecule has 2 rings (SSSR count). The van der Waals surface area contributed by atoms with Crippen LogP contribution < -0.4 is 10.0 Å². The Morgan fingerprint density at radius 2 is 1.96 bits per heavy atom. The number of halogens is 3. The van der Waals surface area contributed by atoms with Gasteiger partial charge < -0.3 is 5.32 Å². The summed E-state index contributed by atoms with van der Waals surface area (Å²) < 4.78 is 63.5. The fourth-order valence-electron chi connectivity index (χ4n) is 1.48. The van der Waals surface area contributed by atoms with Crippen molar-refractivity contribution in [3.63, 3.8) is 0 Å². The van der Waals surface area contributed by atoms with Gasteiger partial charge in [0, 0.05) is 12.6 Å². The average molecular weight is 366 g/mol. The molecule has 12 heteroatoms.